The highest BCUT2D eigenvalue weighted by Gasteiger charge is 2.40. The van der Waals surface area contributed by atoms with Gasteiger partial charge in [0.15, 0.2) is 5.82 Å². The standard InChI is InChI=1S/C13H21N3O4/c17-11-2-1-4-14-5-6-15(8-10-3-7-20-9-10)13(14)12(11)16(18)19/h10-11,17H,1-9H2/t10?,11-/m1/s1. The Kier molecular flexibility index (Phi) is 3.80. The molecule has 2 atom stereocenters. The summed E-state index contributed by atoms with van der Waals surface area (Å²) in [5.41, 5.74) is -0.0149. The summed E-state index contributed by atoms with van der Waals surface area (Å²) in [4.78, 5) is 15.1. The fraction of sp³-hybridized carbons (Fsp3) is 0.846. The zero-order chi connectivity index (χ0) is 14.1. The lowest BCUT2D eigenvalue weighted by Crippen LogP contribution is -2.32. The van der Waals surface area contributed by atoms with Gasteiger partial charge in [0.1, 0.15) is 6.10 Å². The third kappa shape index (κ3) is 2.47. The van der Waals surface area contributed by atoms with E-state index in [4.69, 9.17) is 4.74 Å². The lowest BCUT2D eigenvalue weighted by Gasteiger charge is -2.25. The molecule has 2 fully saturated rings. The average Bonchev–Trinajstić information content (AvgIpc) is 2.99. The molecule has 0 aromatic rings. The quantitative estimate of drug-likeness (QED) is 0.590. The van der Waals surface area contributed by atoms with Gasteiger partial charge in [0, 0.05) is 38.7 Å². The molecule has 1 unspecified atom stereocenters. The molecule has 0 saturated carbocycles. The smallest absolute Gasteiger partial charge is 0.314 e. The van der Waals surface area contributed by atoms with Gasteiger partial charge in [-0.05, 0) is 19.3 Å². The molecule has 7 heteroatoms. The molecule has 3 heterocycles. The second-order valence-corrected chi connectivity index (χ2v) is 5.79. The van der Waals surface area contributed by atoms with Crippen molar-refractivity contribution in [3.8, 4) is 0 Å². The maximum Gasteiger partial charge on any atom is 0.314 e. The fourth-order valence-electron chi connectivity index (χ4n) is 3.38. The minimum atomic E-state index is -0.953. The molecule has 3 aliphatic rings. The summed E-state index contributed by atoms with van der Waals surface area (Å²) < 4.78 is 5.38. The monoisotopic (exact) mass is 283 g/mol. The van der Waals surface area contributed by atoms with Crippen LogP contribution in [0.25, 0.3) is 0 Å². The molecule has 0 bridgehead atoms. The first-order valence-electron chi connectivity index (χ1n) is 7.31. The first-order chi connectivity index (χ1) is 9.66. The Morgan fingerprint density at radius 1 is 1.35 bits per heavy atom. The normalized spacial score (nSPS) is 30.6. The number of nitro groups is 1. The van der Waals surface area contributed by atoms with Crippen LogP contribution in [0.5, 0.6) is 0 Å². The van der Waals surface area contributed by atoms with Crippen LogP contribution in [-0.4, -0.2) is 65.3 Å². The molecule has 0 aromatic carbocycles. The van der Waals surface area contributed by atoms with Crippen LogP contribution >= 0.6 is 0 Å². The van der Waals surface area contributed by atoms with Gasteiger partial charge in [0.2, 0.25) is 0 Å². The first kappa shape index (κ1) is 13.6. The maximum atomic E-state index is 11.4. The van der Waals surface area contributed by atoms with Crippen LogP contribution in [0.4, 0.5) is 0 Å². The number of hydrogen-bond acceptors (Lipinski definition) is 6. The van der Waals surface area contributed by atoms with E-state index >= 15 is 0 Å². The molecule has 0 aromatic heterocycles. The molecule has 0 amide bonds. The van der Waals surface area contributed by atoms with Gasteiger partial charge in [-0.25, -0.2) is 0 Å². The zero-order valence-corrected chi connectivity index (χ0v) is 11.5. The van der Waals surface area contributed by atoms with Gasteiger partial charge in [-0.2, -0.15) is 0 Å². The van der Waals surface area contributed by atoms with Crippen molar-refractivity contribution in [2.45, 2.75) is 25.4 Å². The van der Waals surface area contributed by atoms with E-state index in [-0.39, 0.29) is 5.70 Å². The molecule has 0 radical (unpaired) electrons. The Balaban J connectivity index is 1.87. The number of aliphatic hydroxyl groups is 1. The molecular formula is C13H21N3O4. The molecular weight excluding hydrogens is 262 g/mol. The van der Waals surface area contributed by atoms with Crippen LogP contribution in [0.1, 0.15) is 19.3 Å². The van der Waals surface area contributed by atoms with Crippen LogP contribution in [0.3, 0.4) is 0 Å². The molecule has 1 N–H and O–H groups in total. The Bertz CT molecular complexity index is 420. The van der Waals surface area contributed by atoms with Gasteiger partial charge in [0.05, 0.1) is 11.5 Å². The predicted octanol–water partition coefficient (Wildman–Crippen LogP) is 0.241. The van der Waals surface area contributed by atoms with E-state index in [1.54, 1.807) is 0 Å². The van der Waals surface area contributed by atoms with Crippen LogP contribution in [0.2, 0.25) is 0 Å². The largest absolute Gasteiger partial charge is 0.382 e. The van der Waals surface area contributed by atoms with E-state index in [0.717, 1.165) is 52.2 Å². The van der Waals surface area contributed by atoms with Crippen molar-refractivity contribution >= 4 is 0 Å². The summed E-state index contributed by atoms with van der Waals surface area (Å²) in [7, 11) is 0. The second-order valence-electron chi connectivity index (χ2n) is 5.79. The molecule has 112 valence electrons. The van der Waals surface area contributed by atoms with Crippen molar-refractivity contribution in [1.82, 2.24) is 9.80 Å². The van der Waals surface area contributed by atoms with Gasteiger partial charge >= 0.3 is 5.70 Å². The molecule has 20 heavy (non-hydrogen) atoms. The van der Waals surface area contributed by atoms with Crippen LogP contribution < -0.4 is 0 Å². The number of aliphatic hydroxyl groups excluding tert-OH is 1. The highest BCUT2D eigenvalue weighted by Crippen LogP contribution is 2.30. The molecule has 3 rings (SSSR count). The van der Waals surface area contributed by atoms with Crippen molar-refractivity contribution in [1.29, 1.82) is 0 Å². The lowest BCUT2D eigenvalue weighted by molar-refractivity contribution is -0.439. The number of ether oxygens (including phenoxy) is 1. The third-order valence-corrected chi connectivity index (χ3v) is 4.39. The Morgan fingerprint density at radius 3 is 2.90 bits per heavy atom. The molecule has 0 aliphatic carbocycles. The highest BCUT2D eigenvalue weighted by molar-refractivity contribution is 5.16. The van der Waals surface area contributed by atoms with Crippen molar-refractivity contribution in [2.75, 3.05) is 39.4 Å². The van der Waals surface area contributed by atoms with Crippen molar-refractivity contribution in [3.05, 3.63) is 21.6 Å². The zero-order valence-electron chi connectivity index (χ0n) is 11.5. The highest BCUT2D eigenvalue weighted by atomic mass is 16.6. The van der Waals surface area contributed by atoms with Gasteiger partial charge in [-0.1, -0.05) is 0 Å². The van der Waals surface area contributed by atoms with Gasteiger partial charge in [-0.15, -0.1) is 0 Å². The Morgan fingerprint density at radius 2 is 2.20 bits per heavy atom. The summed E-state index contributed by atoms with van der Waals surface area (Å²) in [6.07, 6.45) is 1.32. The molecule has 2 saturated heterocycles. The Hall–Kier alpha value is -1.34. The average molecular weight is 283 g/mol. The summed E-state index contributed by atoms with van der Waals surface area (Å²) in [5.74, 6) is 1.09. The third-order valence-electron chi connectivity index (χ3n) is 4.39. The van der Waals surface area contributed by atoms with Gasteiger partial charge in [-0.3, -0.25) is 10.1 Å². The van der Waals surface area contributed by atoms with E-state index in [0.29, 0.717) is 18.2 Å². The molecule has 0 spiro atoms. The van der Waals surface area contributed by atoms with Gasteiger partial charge in [0.25, 0.3) is 0 Å². The second kappa shape index (κ2) is 5.57. The topological polar surface area (TPSA) is 79.1 Å². The van der Waals surface area contributed by atoms with E-state index in [1.807, 2.05) is 0 Å². The summed E-state index contributed by atoms with van der Waals surface area (Å²) in [5, 5.41) is 21.4. The van der Waals surface area contributed by atoms with E-state index in [2.05, 4.69) is 9.80 Å². The Labute approximate surface area is 117 Å². The minimum absolute atomic E-state index is 0.0149. The van der Waals surface area contributed by atoms with Crippen molar-refractivity contribution < 1.29 is 14.8 Å². The SMILES string of the molecule is O=[N+]([O-])C1=C2N(CCC[C@H]1O)CCN2CC1CCOC1. The summed E-state index contributed by atoms with van der Waals surface area (Å²) in [6, 6.07) is 0. The number of fused-ring (bicyclic) bond motifs is 1. The fourth-order valence-corrected chi connectivity index (χ4v) is 3.38. The predicted molar refractivity (Wildman–Crippen MR) is 71.3 cm³/mol. The van der Waals surface area contributed by atoms with Crippen LogP contribution in [-0.2, 0) is 4.74 Å². The van der Waals surface area contributed by atoms with E-state index in [9.17, 15) is 15.2 Å². The summed E-state index contributed by atoms with van der Waals surface area (Å²) >= 11 is 0. The molecule has 7 nitrogen and oxygen atoms in total. The first-order valence-corrected chi connectivity index (χ1v) is 7.31. The number of nitrogens with zero attached hydrogens (tertiary/aromatic N) is 3. The molecule has 3 aliphatic heterocycles. The van der Waals surface area contributed by atoms with Crippen molar-refractivity contribution in [3.63, 3.8) is 0 Å². The van der Waals surface area contributed by atoms with Crippen LogP contribution in [0, 0.1) is 16.0 Å². The van der Waals surface area contributed by atoms with Crippen LogP contribution in [0.15, 0.2) is 11.5 Å². The van der Waals surface area contributed by atoms with Crippen molar-refractivity contribution in [2.24, 2.45) is 5.92 Å². The van der Waals surface area contributed by atoms with Gasteiger partial charge < -0.3 is 19.6 Å². The number of hydrogen-bond donors (Lipinski definition) is 1. The van der Waals surface area contributed by atoms with E-state index < -0.39 is 11.0 Å². The summed E-state index contributed by atoms with van der Waals surface area (Å²) in [6.45, 7) is 4.71. The lowest BCUT2D eigenvalue weighted by atomic mass is 10.1. The minimum Gasteiger partial charge on any atom is -0.382 e. The van der Waals surface area contributed by atoms with E-state index in [1.165, 1.54) is 0 Å². The maximum absolute atomic E-state index is 11.4. The number of rotatable bonds is 3.